The normalized spacial score (nSPS) is 29.1. The van der Waals surface area contributed by atoms with Gasteiger partial charge in [0.15, 0.2) is 0 Å². The Morgan fingerprint density at radius 2 is 2.29 bits per heavy atom. The topological polar surface area (TPSA) is 20.3 Å². The zero-order valence-corrected chi connectivity index (χ0v) is 9.68. The number of nitrogens with zero attached hydrogens (tertiary/aromatic N) is 1. The quantitative estimate of drug-likeness (QED) is 0.710. The van der Waals surface area contributed by atoms with Crippen molar-refractivity contribution in [1.29, 1.82) is 0 Å². The summed E-state index contributed by atoms with van der Waals surface area (Å²) in [7, 11) is 0. The van der Waals surface area contributed by atoms with E-state index < -0.39 is 0 Å². The van der Waals surface area contributed by atoms with Crippen LogP contribution in [0.4, 0.5) is 0 Å². The monoisotopic (exact) mass is 213 g/mol. The Bertz CT molecular complexity index is 215. The minimum absolute atomic E-state index is 0.435. The van der Waals surface area contributed by atoms with E-state index in [0.29, 0.717) is 11.7 Å². The minimum Gasteiger partial charge on any atom is -0.298 e. The SMILES string of the molecule is CCC1CN(CC(=O)C2CC2)CCS1. The molecule has 80 valence electrons. The summed E-state index contributed by atoms with van der Waals surface area (Å²) in [5, 5.41) is 0.760. The molecule has 1 unspecified atom stereocenters. The second kappa shape index (κ2) is 4.67. The molecule has 0 amide bonds. The first-order valence-corrected chi connectivity index (χ1v) is 6.71. The number of Topliss-reactive ketones (excluding diaryl/α,β-unsaturated/α-hetero) is 1. The van der Waals surface area contributed by atoms with Gasteiger partial charge in [-0.15, -0.1) is 0 Å². The third kappa shape index (κ3) is 2.74. The first-order valence-electron chi connectivity index (χ1n) is 5.66. The van der Waals surface area contributed by atoms with E-state index in [0.717, 1.165) is 37.7 Å². The Morgan fingerprint density at radius 3 is 2.93 bits per heavy atom. The largest absolute Gasteiger partial charge is 0.298 e. The van der Waals surface area contributed by atoms with E-state index in [1.807, 2.05) is 0 Å². The molecule has 1 heterocycles. The molecule has 2 aliphatic rings. The summed E-state index contributed by atoms with van der Waals surface area (Å²) >= 11 is 2.07. The highest BCUT2D eigenvalue weighted by atomic mass is 32.2. The van der Waals surface area contributed by atoms with Crippen molar-refractivity contribution >= 4 is 17.5 Å². The lowest BCUT2D eigenvalue weighted by Gasteiger charge is -2.31. The van der Waals surface area contributed by atoms with Crippen molar-refractivity contribution in [1.82, 2.24) is 4.90 Å². The van der Waals surface area contributed by atoms with Gasteiger partial charge in [0, 0.05) is 30.0 Å². The molecule has 1 saturated carbocycles. The molecule has 0 N–H and O–H groups in total. The number of carbonyl (C=O) groups is 1. The van der Waals surface area contributed by atoms with Crippen molar-refractivity contribution in [3.05, 3.63) is 0 Å². The fourth-order valence-corrected chi connectivity index (χ4v) is 3.17. The summed E-state index contributed by atoms with van der Waals surface area (Å²) in [6, 6.07) is 0. The van der Waals surface area contributed by atoms with Crippen molar-refractivity contribution < 1.29 is 4.79 Å². The summed E-state index contributed by atoms with van der Waals surface area (Å²) < 4.78 is 0. The highest BCUT2D eigenvalue weighted by Crippen LogP contribution is 2.30. The molecule has 0 spiro atoms. The van der Waals surface area contributed by atoms with E-state index in [-0.39, 0.29) is 0 Å². The van der Waals surface area contributed by atoms with Crippen molar-refractivity contribution in [2.24, 2.45) is 5.92 Å². The van der Waals surface area contributed by atoms with E-state index >= 15 is 0 Å². The van der Waals surface area contributed by atoms with Crippen molar-refractivity contribution in [2.45, 2.75) is 31.4 Å². The Hall–Kier alpha value is -0.0200. The lowest BCUT2D eigenvalue weighted by Crippen LogP contribution is -2.41. The predicted molar refractivity (Wildman–Crippen MR) is 60.7 cm³/mol. The summed E-state index contributed by atoms with van der Waals surface area (Å²) in [5.41, 5.74) is 0. The molecule has 3 heteroatoms. The number of carbonyl (C=O) groups excluding carboxylic acids is 1. The van der Waals surface area contributed by atoms with Gasteiger partial charge in [-0.1, -0.05) is 6.92 Å². The lowest BCUT2D eigenvalue weighted by atomic mass is 10.2. The van der Waals surface area contributed by atoms with Gasteiger partial charge in [0.05, 0.1) is 6.54 Å². The van der Waals surface area contributed by atoms with Gasteiger partial charge in [0.25, 0.3) is 0 Å². The van der Waals surface area contributed by atoms with Crippen LogP contribution < -0.4 is 0 Å². The van der Waals surface area contributed by atoms with Gasteiger partial charge in [-0.25, -0.2) is 0 Å². The molecule has 0 bridgehead atoms. The van der Waals surface area contributed by atoms with Crippen LogP contribution in [0.3, 0.4) is 0 Å². The van der Waals surface area contributed by atoms with Crippen molar-refractivity contribution in [3.63, 3.8) is 0 Å². The van der Waals surface area contributed by atoms with E-state index in [1.54, 1.807) is 0 Å². The molecular weight excluding hydrogens is 194 g/mol. The Balaban J connectivity index is 1.76. The number of ketones is 1. The molecule has 0 radical (unpaired) electrons. The number of hydrogen-bond acceptors (Lipinski definition) is 3. The molecule has 0 aromatic carbocycles. The molecule has 1 atom stereocenters. The van der Waals surface area contributed by atoms with Crippen LogP contribution in [0.5, 0.6) is 0 Å². The molecular formula is C11H19NOS. The van der Waals surface area contributed by atoms with Gasteiger partial charge in [-0.05, 0) is 19.3 Å². The zero-order valence-electron chi connectivity index (χ0n) is 8.87. The van der Waals surface area contributed by atoms with Gasteiger partial charge >= 0.3 is 0 Å². The molecule has 2 rings (SSSR count). The highest BCUT2D eigenvalue weighted by molar-refractivity contribution is 8.00. The van der Waals surface area contributed by atoms with Gasteiger partial charge < -0.3 is 0 Å². The molecule has 1 saturated heterocycles. The second-order valence-corrected chi connectivity index (χ2v) is 5.78. The molecule has 1 aliphatic heterocycles. The molecule has 14 heavy (non-hydrogen) atoms. The summed E-state index contributed by atoms with van der Waals surface area (Å²) in [6.07, 6.45) is 3.54. The van der Waals surface area contributed by atoms with Crippen LogP contribution in [0.2, 0.25) is 0 Å². The smallest absolute Gasteiger partial charge is 0.149 e. The Kier molecular flexibility index (Phi) is 3.50. The summed E-state index contributed by atoms with van der Waals surface area (Å²) in [4.78, 5) is 14.0. The maximum absolute atomic E-state index is 11.6. The van der Waals surface area contributed by atoms with Crippen molar-refractivity contribution in [2.75, 3.05) is 25.4 Å². The fourth-order valence-electron chi connectivity index (χ4n) is 1.93. The van der Waals surface area contributed by atoms with Crippen LogP contribution >= 0.6 is 11.8 Å². The zero-order chi connectivity index (χ0) is 9.97. The van der Waals surface area contributed by atoms with Gasteiger partial charge in [-0.3, -0.25) is 9.69 Å². The van der Waals surface area contributed by atoms with Crippen LogP contribution in [0, 0.1) is 5.92 Å². The molecule has 2 nitrogen and oxygen atoms in total. The highest BCUT2D eigenvalue weighted by Gasteiger charge is 2.31. The lowest BCUT2D eigenvalue weighted by molar-refractivity contribution is -0.121. The van der Waals surface area contributed by atoms with E-state index in [4.69, 9.17) is 0 Å². The third-order valence-electron chi connectivity index (χ3n) is 3.09. The number of rotatable bonds is 4. The number of hydrogen-bond donors (Lipinski definition) is 0. The average molecular weight is 213 g/mol. The minimum atomic E-state index is 0.435. The maximum atomic E-state index is 11.6. The van der Waals surface area contributed by atoms with Crippen LogP contribution in [-0.4, -0.2) is 41.3 Å². The average Bonchev–Trinajstić information content (AvgIpc) is 3.01. The Morgan fingerprint density at radius 1 is 1.50 bits per heavy atom. The van der Waals surface area contributed by atoms with Crippen LogP contribution in [0.15, 0.2) is 0 Å². The fraction of sp³-hybridized carbons (Fsp3) is 0.909. The van der Waals surface area contributed by atoms with E-state index in [1.165, 1.54) is 12.2 Å². The van der Waals surface area contributed by atoms with Crippen LogP contribution in [0.25, 0.3) is 0 Å². The maximum Gasteiger partial charge on any atom is 0.149 e. The van der Waals surface area contributed by atoms with Gasteiger partial charge in [0.1, 0.15) is 5.78 Å². The Labute approximate surface area is 90.4 Å². The van der Waals surface area contributed by atoms with Crippen LogP contribution in [-0.2, 0) is 4.79 Å². The predicted octanol–water partition coefficient (Wildman–Crippen LogP) is 1.79. The van der Waals surface area contributed by atoms with Crippen LogP contribution in [0.1, 0.15) is 26.2 Å². The first-order chi connectivity index (χ1) is 6.79. The summed E-state index contributed by atoms with van der Waals surface area (Å²) in [5.74, 6) is 2.13. The van der Waals surface area contributed by atoms with E-state index in [9.17, 15) is 4.79 Å². The number of thioether (sulfide) groups is 1. The molecule has 0 aromatic rings. The first kappa shape index (κ1) is 10.5. The summed E-state index contributed by atoms with van der Waals surface area (Å²) in [6.45, 7) is 5.20. The van der Waals surface area contributed by atoms with Gasteiger partial charge in [-0.2, -0.15) is 11.8 Å². The standard InChI is InChI=1S/C11H19NOS/c1-2-10-7-12(5-6-14-10)8-11(13)9-3-4-9/h9-10H,2-8H2,1H3. The molecule has 0 aromatic heterocycles. The molecule has 2 fully saturated rings. The van der Waals surface area contributed by atoms with Gasteiger partial charge in [0.2, 0.25) is 0 Å². The molecule has 1 aliphatic carbocycles. The second-order valence-electron chi connectivity index (χ2n) is 4.38. The van der Waals surface area contributed by atoms with E-state index in [2.05, 4.69) is 23.6 Å². The third-order valence-corrected chi connectivity index (χ3v) is 4.46. The van der Waals surface area contributed by atoms with Crippen molar-refractivity contribution in [3.8, 4) is 0 Å².